The molecule has 178 valence electrons. The normalized spacial score (nSPS) is 19.6. The molecule has 0 bridgehead atoms. The summed E-state index contributed by atoms with van der Waals surface area (Å²) in [6, 6.07) is 10.1. The zero-order valence-electron chi connectivity index (χ0n) is 19.4. The van der Waals surface area contributed by atoms with Gasteiger partial charge < -0.3 is 14.9 Å². The van der Waals surface area contributed by atoms with Crippen LogP contribution in [-0.2, 0) is 10.0 Å². The first-order valence-electron chi connectivity index (χ1n) is 11.7. The molecule has 7 nitrogen and oxygen atoms in total. The highest BCUT2D eigenvalue weighted by Gasteiger charge is 2.27. The van der Waals surface area contributed by atoms with E-state index in [1.807, 2.05) is 13.0 Å². The van der Waals surface area contributed by atoms with Crippen molar-refractivity contribution in [2.75, 3.05) is 42.3 Å². The number of anilines is 2. The fourth-order valence-corrected chi connectivity index (χ4v) is 6.40. The van der Waals surface area contributed by atoms with Gasteiger partial charge in [-0.2, -0.15) is 0 Å². The molecule has 2 aromatic rings. The Kier molecular flexibility index (Phi) is 6.95. The maximum absolute atomic E-state index is 13.0. The summed E-state index contributed by atoms with van der Waals surface area (Å²) in [6.45, 7) is 8.60. The Morgan fingerprint density at radius 3 is 2.55 bits per heavy atom. The Balaban J connectivity index is 1.55. The van der Waals surface area contributed by atoms with Crippen molar-refractivity contribution in [1.29, 1.82) is 0 Å². The highest BCUT2D eigenvalue weighted by molar-refractivity contribution is 7.92. The van der Waals surface area contributed by atoms with Crippen LogP contribution in [0.5, 0.6) is 0 Å². The molecule has 2 saturated heterocycles. The maximum Gasteiger partial charge on any atom is 0.337 e. The van der Waals surface area contributed by atoms with Gasteiger partial charge in [0.1, 0.15) is 0 Å². The molecule has 2 N–H and O–H groups in total. The molecule has 2 heterocycles. The smallest absolute Gasteiger partial charge is 0.337 e. The number of rotatable bonds is 7. The topological polar surface area (TPSA) is 90.0 Å². The SMILES string of the molecule is Cc1ccc(C)c(S(=O)(=O)Nc2ccc(N3CCCC(CN4CCCC4)C3)c(C(=O)O)c2)c1. The molecule has 33 heavy (non-hydrogen) atoms. The summed E-state index contributed by atoms with van der Waals surface area (Å²) >= 11 is 0. The summed E-state index contributed by atoms with van der Waals surface area (Å²) in [5.74, 6) is -0.541. The Bertz CT molecular complexity index is 1130. The van der Waals surface area contributed by atoms with E-state index in [1.54, 1.807) is 31.2 Å². The number of aromatic carboxylic acids is 1. The monoisotopic (exact) mass is 471 g/mol. The number of carbonyl (C=O) groups is 1. The summed E-state index contributed by atoms with van der Waals surface area (Å²) in [5.41, 5.74) is 2.51. The van der Waals surface area contributed by atoms with E-state index in [9.17, 15) is 18.3 Å². The fraction of sp³-hybridized carbons (Fsp3) is 0.480. The van der Waals surface area contributed by atoms with Crippen LogP contribution in [0, 0.1) is 19.8 Å². The number of hydrogen-bond acceptors (Lipinski definition) is 5. The van der Waals surface area contributed by atoms with Gasteiger partial charge in [-0.15, -0.1) is 0 Å². The first-order valence-corrected chi connectivity index (χ1v) is 13.2. The van der Waals surface area contributed by atoms with Crippen LogP contribution in [-0.4, -0.2) is 57.1 Å². The third-order valence-corrected chi connectivity index (χ3v) is 8.21. The van der Waals surface area contributed by atoms with E-state index in [-0.39, 0.29) is 16.1 Å². The van der Waals surface area contributed by atoms with Gasteiger partial charge in [0, 0.05) is 25.3 Å². The number of hydrogen-bond donors (Lipinski definition) is 2. The lowest BCUT2D eigenvalue weighted by Gasteiger charge is -2.36. The number of sulfonamides is 1. The van der Waals surface area contributed by atoms with Crippen LogP contribution in [0.4, 0.5) is 11.4 Å². The van der Waals surface area contributed by atoms with Crippen LogP contribution in [0.15, 0.2) is 41.3 Å². The largest absolute Gasteiger partial charge is 0.478 e. The summed E-state index contributed by atoms with van der Waals surface area (Å²) in [7, 11) is -3.83. The second-order valence-electron chi connectivity index (χ2n) is 9.37. The van der Waals surface area contributed by atoms with Crippen molar-refractivity contribution in [2.45, 2.75) is 44.4 Å². The molecule has 0 saturated carbocycles. The van der Waals surface area contributed by atoms with E-state index in [4.69, 9.17) is 0 Å². The molecule has 1 atom stereocenters. The van der Waals surface area contributed by atoms with Gasteiger partial charge in [-0.1, -0.05) is 12.1 Å². The summed E-state index contributed by atoms with van der Waals surface area (Å²) in [6.07, 6.45) is 4.71. The second kappa shape index (κ2) is 9.73. The summed E-state index contributed by atoms with van der Waals surface area (Å²) < 4.78 is 28.5. The summed E-state index contributed by atoms with van der Waals surface area (Å²) in [5, 5.41) is 9.90. The number of benzene rings is 2. The minimum Gasteiger partial charge on any atom is -0.478 e. The van der Waals surface area contributed by atoms with Crippen molar-refractivity contribution in [3.05, 3.63) is 53.1 Å². The zero-order valence-corrected chi connectivity index (χ0v) is 20.2. The van der Waals surface area contributed by atoms with E-state index >= 15 is 0 Å². The number of aryl methyl sites for hydroxylation is 2. The Labute approximate surface area is 196 Å². The lowest BCUT2D eigenvalue weighted by atomic mass is 9.96. The number of piperidine rings is 1. The maximum atomic E-state index is 13.0. The Hall–Kier alpha value is -2.58. The first-order chi connectivity index (χ1) is 15.7. The van der Waals surface area contributed by atoms with E-state index in [0.717, 1.165) is 51.1 Å². The van der Waals surface area contributed by atoms with E-state index in [0.29, 0.717) is 17.2 Å². The summed E-state index contributed by atoms with van der Waals surface area (Å²) in [4.78, 5) is 17.0. The van der Waals surface area contributed by atoms with Gasteiger partial charge >= 0.3 is 5.97 Å². The minimum absolute atomic E-state index is 0.123. The lowest BCUT2D eigenvalue weighted by molar-refractivity contribution is 0.0697. The molecule has 2 aromatic carbocycles. The number of carboxylic acid groups (broad SMARTS) is 1. The third kappa shape index (κ3) is 5.50. The molecular weight excluding hydrogens is 438 g/mol. The fourth-order valence-electron chi connectivity index (χ4n) is 5.02. The molecule has 0 radical (unpaired) electrons. The molecular formula is C25H33N3O4S. The van der Waals surface area contributed by atoms with Crippen LogP contribution in [0.25, 0.3) is 0 Å². The molecule has 4 rings (SSSR count). The van der Waals surface area contributed by atoms with Crippen molar-refractivity contribution >= 4 is 27.4 Å². The molecule has 0 aliphatic carbocycles. The van der Waals surface area contributed by atoms with Gasteiger partial charge in [-0.05, 0) is 93.9 Å². The number of likely N-dealkylation sites (tertiary alicyclic amines) is 1. The molecule has 1 unspecified atom stereocenters. The second-order valence-corrected chi connectivity index (χ2v) is 11.0. The van der Waals surface area contributed by atoms with Crippen LogP contribution >= 0.6 is 0 Å². The molecule has 2 fully saturated rings. The quantitative estimate of drug-likeness (QED) is 0.632. The highest BCUT2D eigenvalue weighted by atomic mass is 32.2. The van der Waals surface area contributed by atoms with Gasteiger partial charge in [0.05, 0.1) is 16.1 Å². The molecule has 0 aromatic heterocycles. The van der Waals surface area contributed by atoms with Gasteiger partial charge in [-0.25, -0.2) is 13.2 Å². The standard InChI is InChI=1S/C25H33N3O4S/c1-18-7-8-19(2)24(14-18)33(31,32)26-21-9-10-23(22(15-21)25(29)30)28-13-5-6-20(17-28)16-27-11-3-4-12-27/h7-10,14-15,20,26H,3-6,11-13,16-17H2,1-2H3,(H,29,30). The molecule has 0 spiro atoms. The highest BCUT2D eigenvalue weighted by Crippen LogP contribution is 2.31. The molecule has 2 aliphatic heterocycles. The van der Waals surface area contributed by atoms with E-state index < -0.39 is 16.0 Å². The van der Waals surface area contributed by atoms with Crippen LogP contribution < -0.4 is 9.62 Å². The zero-order chi connectivity index (χ0) is 23.6. The van der Waals surface area contributed by atoms with Crippen molar-refractivity contribution in [3.8, 4) is 0 Å². The Morgan fingerprint density at radius 2 is 1.82 bits per heavy atom. The van der Waals surface area contributed by atoms with Crippen LogP contribution in [0.2, 0.25) is 0 Å². The van der Waals surface area contributed by atoms with Crippen molar-refractivity contribution in [1.82, 2.24) is 4.90 Å². The average Bonchev–Trinajstić information content (AvgIpc) is 3.28. The molecule has 2 aliphatic rings. The first kappa shape index (κ1) is 23.6. The number of nitrogens with one attached hydrogen (secondary N) is 1. The number of nitrogens with zero attached hydrogens (tertiary/aromatic N) is 2. The number of carboxylic acids is 1. The van der Waals surface area contributed by atoms with Crippen molar-refractivity contribution in [3.63, 3.8) is 0 Å². The van der Waals surface area contributed by atoms with Gasteiger partial charge in [0.25, 0.3) is 10.0 Å². The third-order valence-electron chi connectivity index (χ3n) is 6.69. The van der Waals surface area contributed by atoms with Crippen LogP contribution in [0.3, 0.4) is 0 Å². The average molecular weight is 472 g/mol. The van der Waals surface area contributed by atoms with Crippen molar-refractivity contribution < 1.29 is 18.3 Å². The van der Waals surface area contributed by atoms with Crippen molar-refractivity contribution in [2.24, 2.45) is 5.92 Å². The molecule has 0 amide bonds. The van der Waals surface area contributed by atoms with E-state index in [2.05, 4.69) is 14.5 Å². The van der Waals surface area contributed by atoms with E-state index in [1.165, 1.54) is 18.9 Å². The van der Waals surface area contributed by atoms with Gasteiger partial charge in [0.2, 0.25) is 0 Å². The predicted octanol–water partition coefficient (Wildman–Crippen LogP) is 4.11. The van der Waals surface area contributed by atoms with Gasteiger partial charge in [-0.3, -0.25) is 4.72 Å². The minimum atomic E-state index is -3.83. The Morgan fingerprint density at radius 1 is 1.06 bits per heavy atom. The molecule has 8 heteroatoms. The lowest BCUT2D eigenvalue weighted by Crippen LogP contribution is -2.41. The predicted molar refractivity (Wildman–Crippen MR) is 131 cm³/mol. The van der Waals surface area contributed by atoms with Gasteiger partial charge in [0.15, 0.2) is 0 Å². The van der Waals surface area contributed by atoms with Crippen LogP contribution in [0.1, 0.15) is 47.2 Å².